The Morgan fingerprint density at radius 1 is 1.22 bits per heavy atom. The van der Waals surface area contributed by atoms with Gasteiger partial charge in [0, 0.05) is 22.5 Å². The smallest absolute Gasteiger partial charge is 0.146 e. The van der Waals surface area contributed by atoms with Gasteiger partial charge in [0.15, 0.2) is 0 Å². The molecule has 0 saturated heterocycles. The quantitative estimate of drug-likeness (QED) is 0.678. The first kappa shape index (κ1) is 11.1. The fraction of sp³-hybridized carbons (Fsp3) is 0.0714. The molecule has 0 saturated carbocycles. The molecule has 1 aromatic carbocycles. The standard InChI is InChI=1S/C14H12ClN3/c1-9-13-4-2-3-7-18(13)14(17-9)11-8-10(15)5-6-12(11)16/h2-8H,16H2,1H3. The van der Waals surface area contributed by atoms with Gasteiger partial charge in [-0.3, -0.25) is 4.40 Å². The summed E-state index contributed by atoms with van der Waals surface area (Å²) >= 11 is 6.03. The summed E-state index contributed by atoms with van der Waals surface area (Å²) in [5.74, 6) is 0.822. The maximum absolute atomic E-state index is 6.03. The van der Waals surface area contributed by atoms with Gasteiger partial charge < -0.3 is 5.73 Å². The fourth-order valence-electron chi connectivity index (χ4n) is 2.10. The molecule has 2 heterocycles. The number of rotatable bonds is 1. The van der Waals surface area contributed by atoms with Crippen LogP contribution in [-0.4, -0.2) is 9.38 Å². The fourth-order valence-corrected chi connectivity index (χ4v) is 2.28. The molecule has 2 aromatic heterocycles. The normalized spacial score (nSPS) is 11.0. The van der Waals surface area contributed by atoms with E-state index in [9.17, 15) is 0 Å². The van der Waals surface area contributed by atoms with Crippen LogP contribution in [0.1, 0.15) is 5.69 Å². The van der Waals surface area contributed by atoms with Crippen LogP contribution in [-0.2, 0) is 0 Å². The van der Waals surface area contributed by atoms with E-state index in [4.69, 9.17) is 17.3 Å². The summed E-state index contributed by atoms with van der Waals surface area (Å²) < 4.78 is 2.03. The van der Waals surface area contributed by atoms with Crippen LogP contribution in [0, 0.1) is 6.92 Å². The Kier molecular flexibility index (Phi) is 2.49. The molecule has 2 N–H and O–H groups in total. The second-order valence-corrected chi connectivity index (χ2v) is 4.64. The molecular formula is C14H12ClN3. The Bertz CT molecular complexity index is 731. The molecule has 0 aliphatic heterocycles. The second kappa shape index (κ2) is 4.03. The molecule has 0 amide bonds. The Morgan fingerprint density at radius 3 is 2.89 bits per heavy atom. The van der Waals surface area contributed by atoms with Gasteiger partial charge in [0.25, 0.3) is 0 Å². The summed E-state index contributed by atoms with van der Waals surface area (Å²) in [6, 6.07) is 11.4. The van der Waals surface area contributed by atoms with Crippen LogP contribution in [0.5, 0.6) is 0 Å². The predicted molar refractivity (Wildman–Crippen MR) is 74.8 cm³/mol. The van der Waals surface area contributed by atoms with Gasteiger partial charge in [-0.25, -0.2) is 4.98 Å². The zero-order valence-corrected chi connectivity index (χ0v) is 10.6. The summed E-state index contributed by atoms with van der Waals surface area (Å²) in [5.41, 5.74) is 9.60. The third-order valence-corrected chi connectivity index (χ3v) is 3.22. The molecular weight excluding hydrogens is 246 g/mol. The van der Waals surface area contributed by atoms with Gasteiger partial charge in [-0.1, -0.05) is 17.7 Å². The minimum absolute atomic E-state index is 0.657. The van der Waals surface area contributed by atoms with Crippen LogP contribution in [0.15, 0.2) is 42.6 Å². The van der Waals surface area contributed by atoms with E-state index in [1.54, 1.807) is 12.1 Å². The number of aromatic nitrogens is 2. The molecule has 0 aliphatic carbocycles. The molecule has 3 rings (SSSR count). The Balaban J connectivity index is 2.35. The third kappa shape index (κ3) is 1.64. The van der Waals surface area contributed by atoms with Crippen LogP contribution in [0.2, 0.25) is 5.02 Å². The van der Waals surface area contributed by atoms with Crippen molar-refractivity contribution in [3.8, 4) is 11.4 Å². The molecule has 3 aromatic rings. The maximum Gasteiger partial charge on any atom is 0.146 e. The van der Waals surface area contributed by atoms with E-state index in [-0.39, 0.29) is 0 Å². The number of aryl methyl sites for hydroxylation is 1. The average molecular weight is 258 g/mol. The lowest BCUT2D eigenvalue weighted by Crippen LogP contribution is -1.94. The van der Waals surface area contributed by atoms with Gasteiger partial charge in [0.05, 0.1) is 11.2 Å². The molecule has 0 bridgehead atoms. The number of nitrogen functional groups attached to an aromatic ring is 1. The molecule has 0 atom stereocenters. The summed E-state index contributed by atoms with van der Waals surface area (Å²) in [6.45, 7) is 1.99. The second-order valence-electron chi connectivity index (χ2n) is 4.21. The number of hydrogen-bond acceptors (Lipinski definition) is 2. The van der Waals surface area contributed by atoms with Crippen LogP contribution >= 0.6 is 11.6 Å². The van der Waals surface area contributed by atoms with Gasteiger partial charge >= 0.3 is 0 Å². The van der Waals surface area contributed by atoms with Crippen molar-refractivity contribution in [2.75, 3.05) is 5.73 Å². The number of nitrogens with zero attached hydrogens (tertiary/aromatic N) is 2. The SMILES string of the molecule is Cc1nc(-c2cc(Cl)ccc2N)n2ccccc12. The van der Waals surface area contributed by atoms with E-state index >= 15 is 0 Å². The highest BCUT2D eigenvalue weighted by Crippen LogP contribution is 2.29. The molecule has 18 heavy (non-hydrogen) atoms. The number of hydrogen-bond donors (Lipinski definition) is 1. The third-order valence-electron chi connectivity index (χ3n) is 2.99. The number of nitrogens with two attached hydrogens (primary N) is 1. The Hall–Kier alpha value is -2.00. The van der Waals surface area contributed by atoms with Gasteiger partial charge in [-0.15, -0.1) is 0 Å². The zero-order valence-electron chi connectivity index (χ0n) is 9.89. The highest BCUT2D eigenvalue weighted by Gasteiger charge is 2.12. The van der Waals surface area contributed by atoms with Crippen molar-refractivity contribution in [2.24, 2.45) is 0 Å². The minimum Gasteiger partial charge on any atom is -0.398 e. The molecule has 0 spiro atoms. The highest BCUT2D eigenvalue weighted by atomic mass is 35.5. The van der Waals surface area contributed by atoms with Crippen LogP contribution in [0.25, 0.3) is 16.9 Å². The number of anilines is 1. The van der Waals surface area contributed by atoms with Gasteiger partial charge in [0.2, 0.25) is 0 Å². The lowest BCUT2D eigenvalue weighted by atomic mass is 10.1. The van der Waals surface area contributed by atoms with Crippen LogP contribution in [0.3, 0.4) is 0 Å². The lowest BCUT2D eigenvalue weighted by Gasteiger charge is -2.05. The van der Waals surface area contributed by atoms with Gasteiger partial charge in [-0.05, 0) is 37.3 Å². The minimum atomic E-state index is 0.657. The molecule has 0 aliphatic rings. The van der Waals surface area contributed by atoms with Gasteiger partial charge in [0.1, 0.15) is 5.82 Å². The number of fused-ring (bicyclic) bond motifs is 1. The summed E-state index contributed by atoms with van der Waals surface area (Å²) in [4.78, 5) is 4.59. The molecule has 0 unspecified atom stereocenters. The van der Waals surface area contributed by atoms with Crippen LogP contribution < -0.4 is 5.73 Å². The van der Waals surface area contributed by atoms with Crippen molar-refractivity contribution in [3.05, 3.63) is 53.3 Å². The van der Waals surface area contributed by atoms with Gasteiger partial charge in [-0.2, -0.15) is 0 Å². The van der Waals surface area contributed by atoms with E-state index in [0.29, 0.717) is 10.7 Å². The monoisotopic (exact) mass is 257 g/mol. The first-order valence-corrected chi connectivity index (χ1v) is 6.03. The number of halogens is 1. The molecule has 0 fully saturated rings. The van der Waals surface area contributed by atoms with Crippen molar-refractivity contribution in [2.45, 2.75) is 6.92 Å². The molecule has 90 valence electrons. The van der Waals surface area contributed by atoms with E-state index in [1.165, 1.54) is 0 Å². The van der Waals surface area contributed by atoms with E-state index in [2.05, 4.69) is 4.98 Å². The average Bonchev–Trinajstić information content (AvgIpc) is 2.71. The number of imidazole rings is 1. The lowest BCUT2D eigenvalue weighted by molar-refractivity contribution is 1.16. The Labute approximate surface area is 110 Å². The van der Waals surface area contributed by atoms with E-state index in [1.807, 2.05) is 41.8 Å². The first-order chi connectivity index (χ1) is 8.66. The number of benzene rings is 1. The molecule has 0 radical (unpaired) electrons. The largest absolute Gasteiger partial charge is 0.398 e. The van der Waals surface area contributed by atoms with Crippen molar-refractivity contribution in [1.82, 2.24) is 9.38 Å². The van der Waals surface area contributed by atoms with E-state index < -0.39 is 0 Å². The van der Waals surface area contributed by atoms with Crippen molar-refractivity contribution in [1.29, 1.82) is 0 Å². The summed E-state index contributed by atoms with van der Waals surface area (Å²) in [5, 5.41) is 0.657. The molecule has 4 heteroatoms. The van der Waals surface area contributed by atoms with Crippen molar-refractivity contribution < 1.29 is 0 Å². The topological polar surface area (TPSA) is 43.3 Å². The van der Waals surface area contributed by atoms with Crippen LogP contribution in [0.4, 0.5) is 5.69 Å². The van der Waals surface area contributed by atoms with Crippen molar-refractivity contribution in [3.63, 3.8) is 0 Å². The summed E-state index contributed by atoms with van der Waals surface area (Å²) in [6.07, 6.45) is 1.98. The zero-order chi connectivity index (χ0) is 12.7. The van der Waals surface area contributed by atoms with Crippen molar-refractivity contribution >= 4 is 22.8 Å². The highest BCUT2D eigenvalue weighted by molar-refractivity contribution is 6.31. The number of pyridine rings is 1. The first-order valence-electron chi connectivity index (χ1n) is 5.66. The van der Waals surface area contributed by atoms with E-state index in [0.717, 1.165) is 22.6 Å². The maximum atomic E-state index is 6.03. The molecule has 3 nitrogen and oxygen atoms in total. The Morgan fingerprint density at radius 2 is 2.06 bits per heavy atom. The summed E-state index contributed by atoms with van der Waals surface area (Å²) in [7, 11) is 0. The predicted octanol–water partition coefficient (Wildman–Crippen LogP) is 3.55.